The normalized spacial score (nSPS) is 21.9. The highest BCUT2D eigenvalue weighted by atomic mass is 16.5. The zero-order valence-electron chi connectivity index (χ0n) is 19.9. The van der Waals surface area contributed by atoms with Gasteiger partial charge in [-0.1, -0.05) is 55.7 Å². The molecule has 2 aromatic carbocycles. The molecule has 0 radical (unpaired) electrons. The molecule has 5 heteroatoms. The lowest BCUT2D eigenvalue weighted by molar-refractivity contribution is -0.128. The third-order valence-electron chi connectivity index (χ3n) is 7.28. The molecule has 0 spiro atoms. The molecule has 2 heterocycles. The van der Waals surface area contributed by atoms with Gasteiger partial charge in [0.15, 0.2) is 0 Å². The first kappa shape index (κ1) is 22.9. The third kappa shape index (κ3) is 5.95. The van der Waals surface area contributed by atoms with Gasteiger partial charge in [0, 0.05) is 37.8 Å². The van der Waals surface area contributed by atoms with Crippen molar-refractivity contribution in [2.75, 3.05) is 19.7 Å². The minimum atomic E-state index is -0.00127. The highest BCUT2D eigenvalue weighted by molar-refractivity contribution is 5.83. The number of amides is 1. The lowest BCUT2D eigenvalue weighted by Gasteiger charge is -2.38. The minimum Gasteiger partial charge on any atom is -0.492 e. The molecular weight excluding hydrogens is 422 g/mol. The molecule has 1 N–H and O–H groups in total. The van der Waals surface area contributed by atoms with Crippen molar-refractivity contribution in [2.45, 2.75) is 51.1 Å². The Labute approximate surface area is 202 Å². The second-order valence-electron chi connectivity index (χ2n) is 10.0. The first-order valence-corrected chi connectivity index (χ1v) is 12.8. The zero-order valence-corrected chi connectivity index (χ0v) is 19.9. The maximum Gasteiger partial charge on any atom is 0.224 e. The summed E-state index contributed by atoms with van der Waals surface area (Å²) in [5.41, 5.74) is 1.29. The minimum absolute atomic E-state index is 0.00127. The van der Waals surface area contributed by atoms with Crippen molar-refractivity contribution in [3.05, 3.63) is 72.6 Å². The van der Waals surface area contributed by atoms with Crippen LogP contribution in [0.15, 0.2) is 67.0 Å². The number of ether oxygens (including phenoxy) is 1. The summed E-state index contributed by atoms with van der Waals surface area (Å²) in [7, 11) is 0. The van der Waals surface area contributed by atoms with E-state index in [0.717, 1.165) is 44.6 Å². The summed E-state index contributed by atoms with van der Waals surface area (Å²) in [5, 5.41) is 5.90. The van der Waals surface area contributed by atoms with Gasteiger partial charge in [-0.15, -0.1) is 0 Å². The molecule has 5 nitrogen and oxygen atoms in total. The number of fused-ring (bicyclic) bond motifs is 1. The first-order chi connectivity index (χ1) is 16.7. The number of carbonyl (C=O) groups is 1. The number of carbonyl (C=O) groups excluding carboxylic acids is 1. The molecule has 0 bridgehead atoms. The van der Waals surface area contributed by atoms with Gasteiger partial charge in [0.05, 0.1) is 18.7 Å². The van der Waals surface area contributed by atoms with E-state index in [4.69, 9.17) is 4.74 Å². The van der Waals surface area contributed by atoms with Crippen LogP contribution in [0.5, 0.6) is 5.75 Å². The molecule has 34 heavy (non-hydrogen) atoms. The molecule has 2 aliphatic rings. The van der Waals surface area contributed by atoms with Crippen molar-refractivity contribution < 1.29 is 9.53 Å². The number of hydrogen-bond acceptors (Lipinski definition) is 4. The molecule has 2 fully saturated rings. The van der Waals surface area contributed by atoms with Gasteiger partial charge in [0.2, 0.25) is 5.91 Å². The molecule has 1 amide bonds. The molecule has 5 rings (SSSR count). The molecule has 1 saturated heterocycles. The highest BCUT2D eigenvalue weighted by Crippen LogP contribution is 2.27. The van der Waals surface area contributed by atoms with Gasteiger partial charge in [-0.3, -0.25) is 14.7 Å². The number of benzene rings is 2. The molecule has 1 saturated carbocycles. The Hall–Kier alpha value is -2.92. The van der Waals surface area contributed by atoms with Gasteiger partial charge in [-0.2, -0.15) is 0 Å². The number of likely N-dealkylation sites (tertiary alicyclic amines) is 1. The summed E-state index contributed by atoms with van der Waals surface area (Å²) < 4.78 is 6.06. The van der Waals surface area contributed by atoms with E-state index < -0.39 is 0 Å². The summed E-state index contributed by atoms with van der Waals surface area (Å²) in [5.74, 6) is 1.31. The average molecular weight is 458 g/mol. The highest BCUT2D eigenvalue weighted by Gasteiger charge is 2.33. The Morgan fingerprint density at radius 3 is 2.68 bits per heavy atom. The lowest BCUT2D eigenvalue weighted by atomic mass is 9.87. The molecule has 1 aliphatic heterocycles. The van der Waals surface area contributed by atoms with Gasteiger partial charge >= 0.3 is 0 Å². The van der Waals surface area contributed by atoms with Crippen LogP contribution in [0.3, 0.4) is 0 Å². The van der Waals surface area contributed by atoms with Crippen LogP contribution in [0.4, 0.5) is 0 Å². The molecule has 1 aliphatic carbocycles. The SMILES string of the molecule is O=C(NC1CCCCC1)[C@@H]1C[C@H](COc2cccnc2)CN(Cc2ccc3ccccc3c2)C1. The van der Waals surface area contributed by atoms with Crippen molar-refractivity contribution in [3.63, 3.8) is 0 Å². The number of aromatic nitrogens is 1. The van der Waals surface area contributed by atoms with Crippen molar-refractivity contribution in [2.24, 2.45) is 11.8 Å². The Morgan fingerprint density at radius 2 is 1.85 bits per heavy atom. The monoisotopic (exact) mass is 457 g/mol. The van der Waals surface area contributed by atoms with Crippen LogP contribution in [0.1, 0.15) is 44.1 Å². The second kappa shape index (κ2) is 11.0. The number of piperidine rings is 1. The van der Waals surface area contributed by atoms with Crippen LogP contribution < -0.4 is 10.1 Å². The number of hydrogen-bond donors (Lipinski definition) is 1. The Kier molecular flexibility index (Phi) is 7.40. The van der Waals surface area contributed by atoms with Crippen LogP contribution in [-0.4, -0.2) is 41.5 Å². The Balaban J connectivity index is 1.27. The first-order valence-electron chi connectivity index (χ1n) is 12.8. The molecule has 178 valence electrons. The van der Waals surface area contributed by atoms with E-state index in [1.807, 2.05) is 12.1 Å². The van der Waals surface area contributed by atoms with Gasteiger partial charge in [0.1, 0.15) is 5.75 Å². The van der Waals surface area contributed by atoms with Gasteiger partial charge in [-0.25, -0.2) is 0 Å². The van der Waals surface area contributed by atoms with E-state index in [0.29, 0.717) is 18.6 Å². The maximum atomic E-state index is 13.3. The van der Waals surface area contributed by atoms with Crippen LogP contribution in [0, 0.1) is 11.8 Å². The van der Waals surface area contributed by atoms with Crippen molar-refractivity contribution in [1.29, 1.82) is 0 Å². The number of pyridine rings is 1. The number of nitrogens with one attached hydrogen (secondary N) is 1. The fourth-order valence-corrected chi connectivity index (χ4v) is 5.55. The van der Waals surface area contributed by atoms with E-state index in [9.17, 15) is 4.79 Å². The lowest BCUT2D eigenvalue weighted by Crippen LogP contribution is -2.49. The molecule has 3 aromatic rings. The fourth-order valence-electron chi connectivity index (χ4n) is 5.55. The zero-order chi connectivity index (χ0) is 23.2. The predicted molar refractivity (Wildman–Crippen MR) is 136 cm³/mol. The molecular formula is C29H35N3O2. The Bertz CT molecular complexity index is 1080. The number of nitrogens with zero attached hydrogens (tertiary/aromatic N) is 2. The van der Waals surface area contributed by atoms with E-state index >= 15 is 0 Å². The standard InChI is InChI=1S/C29H35N3O2/c33-29(31-27-9-2-1-3-10-27)26-16-23(21-34-28-11-6-14-30-17-28)19-32(20-26)18-22-12-13-24-7-4-5-8-25(24)15-22/h4-8,11-15,17,23,26-27H,1-3,9-10,16,18-21H2,(H,31,33)/t23-,26+/m0/s1. The van der Waals surface area contributed by atoms with Crippen LogP contribution in [-0.2, 0) is 11.3 Å². The number of rotatable bonds is 7. The molecule has 0 unspecified atom stereocenters. The summed E-state index contributed by atoms with van der Waals surface area (Å²) in [6.07, 6.45) is 10.4. The fraction of sp³-hybridized carbons (Fsp3) is 0.448. The van der Waals surface area contributed by atoms with E-state index in [1.54, 1.807) is 12.4 Å². The van der Waals surface area contributed by atoms with Crippen LogP contribution in [0.25, 0.3) is 10.8 Å². The predicted octanol–water partition coefficient (Wildman–Crippen LogP) is 5.20. The van der Waals surface area contributed by atoms with Crippen LogP contribution >= 0.6 is 0 Å². The smallest absolute Gasteiger partial charge is 0.224 e. The second-order valence-corrected chi connectivity index (χ2v) is 10.0. The largest absolute Gasteiger partial charge is 0.492 e. The van der Waals surface area contributed by atoms with E-state index in [1.165, 1.54) is 35.6 Å². The summed E-state index contributed by atoms with van der Waals surface area (Å²) >= 11 is 0. The van der Waals surface area contributed by atoms with Crippen molar-refractivity contribution in [3.8, 4) is 5.75 Å². The van der Waals surface area contributed by atoms with Gasteiger partial charge in [-0.05, 0) is 53.8 Å². The summed E-state index contributed by atoms with van der Waals surface area (Å²) in [6, 6.07) is 19.4. The van der Waals surface area contributed by atoms with E-state index in [2.05, 4.69) is 57.7 Å². The van der Waals surface area contributed by atoms with E-state index in [-0.39, 0.29) is 11.8 Å². The third-order valence-corrected chi connectivity index (χ3v) is 7.28. The van der Waals surface area contributed by atoms with Gasteiger partial charge < -0.3 is 10.1 Å². The molecule has 1 aromatic heterocycles. The summed E-state index contributed by atoms with van der Waals surface area (Å²) in [4.78, 5) is 19.9. The van der Waals surface area contributed by atoms with Gasteiger partial charge in [0.25, 0.3) is 0 Å². The Morgan fingerprint density at radius 1 is 1.00 bits per heavy atom. The van der Waals surface area contributed by atoms with Crippen molar-refractivity contribution in [1.82, 2.24) is 15.2 Å². The summed E-state index contributed by atoms with van der Waals surface area (Å²) in [6.45, 7) is 3.18. The van der Waals surface area contributed by atoms with Crippen molar-refractivity contribution >= 4 is 16.7 Å². The molecule has 2 atom stereocenters. The average Bonchev–Trinajstić information content (AvgIpc) is 2.88. The van der Waals surface area contributed by atoms with Crippen LogP contribution in [0.2, 0.25) is 0 Å². The maximum absolute atomic E-state index is 13.3. The topological polar surface area (TPSA) is 54.5 Å². The quantitative estimate of drug-likeness (QED) is 0.530.